The molecule has 0 radical (unpaired) electrons. The van der Waals surface area contributed by atoms with Crippen LogP contribution >= 0.6 is 24.0 Å². The number of aryl methyl sites for hydroxylation is 1. The molecule has 6 nitrogen and oxygen atoms in total. The first-order chi connectivity index (χ1) is 13.6. The Bertz CT molecular complexity index is 803. The summed E-state index contributed by atoms with van der Waals surface area (Å²) in [6, 6.07) is 10.9. The largest absolute Gasteiger partial charge is 0.494 e. The summed E-state index contributed by atoms with van der Waals surface area (Å²) in [7, 11) is 4.78. The number of benzene rings is 2. The minimum atomic E-state index is -0.387. The van der Waals surface area contributed by atoms with E-state index in [0.717, 1.165) is 22.4 Å². The molecule has 0 spiro atoms. The van der Waals surface area contributed by atoms with E-state index in [1.165, 1.54) is 13.2 Å². The zero-order valence-corrected chi connectivity index (χ0v) is 19.6. The maximum absolute atomic E-state index is 13.8. The van der Waals surface area contributed by atoms with Gasteiger partial charge in [0.15, 0.2) is 17.5 Å². The van der Waals surface area contributed by atoms with E-state index >= 15 is 0 Å². The fourth-order valence-corrected chi connectivity index (χ4v) is 2.58. The Morgan fingerprint density at radius 1 is 1.00 bits per heavy atom. The molecular formula is C21H29FIN3O3. The molecule has 0 unspecified atom stereocenters. The van der Waals surface area contributed by atoms with Crippen molar-refractivity contribution in [2.24, 2.45) is 4.99 Å². The summed E-state index contributed by atoms with van der Waals surface area (Å²) in [4.78, 5) is 4.21. The van der Waals surface area contributed by atoms with Gasteiger partial charge in [0.05, 0.1) is 13.7 Å². The van der Waals surface area contributed by atoms with E-state index < -0.39 is 0 Å². The number of halogens is 2. The Kier molecular flexibility index (Phi) is 11.4. The second-order valence-corrected chi connectivity index (χ2v) is 6.20. The van der Waals surface area contributed by atoms with Crippen LogP contribution < -0.4 is 20.1 Å². The molecule has 0 atom stereocenters. The van der Waals surface area contributed by atoms with Crippen LogP contribution in [-0.4, -0.2) is 40.4 Å². The number of aliphatic imine (C=N–C) groups is 1. The van der Waals surface area contributed by atoms with Gasteiger partial charge in [-0.25, -0.2) is 4.39 Å². The highest BCUT2D eigenvalue weighted by molar-refractivity contribution is 14.0. The van der Waals surface area contributed by atoms with E-state index in [2.05, 4.69) is 15.6 Å². The van der Waals surface area contributed by atoms with Crippen LogP contribution in [0.1, 0.15) is 16.7 Å². The molecule has 0 aliphatic heterocycles. The van der Waals surface area contributed by atoms with Crippen molar-refractivity contribution in [1.82, 2.24) is 10.6 Å². The molecule has 2 aromatic carbocycles. The number of methoxy groups -OCH3 is 2. The van der Waals surface area contributed by atoms with E-state index in [4.69, 9.17) is 14.2 Å². The molecule has 2 N–H and O–H groups in total. The van der Waals surface area contributed by atoms with Crippen molar-refractivity contribution in [2.45, 2.75) is 20.0 Å². The minimum absolute atomic E-state index is 0. The second kappa shape index (κ2) is 13.2. The van der Waals surface area contributed by atoms with Crippen LogP contribution in [-0.2, 0) is 17.8 Å². The van der Waals surface area contributed by atoms with E-state index in [1.807, 2.05) is 31.2 Å². The highest BCUT2D eigenvalue weighted by atomic mass is 127. The molecule has 2 rings (SSSR count). The molecule has 0 heterocycles. The number of nitrogens with zero attached hydrogens (tertiary/aromatic N) is 1. The Morgan fingerprint density at radius 2 is 1.76 bits per heavy atom. The van der Waals surface area contributed by atoms with E-state index in [0.29, 0.717) is 32.3 Å². The van der Waals surface area contributed by atoms with E-state index in [-0.39, 0.29) is 35.5 Å². The van der Waals surface area contributed by atoms with E-state index in [1.54, 1.807) is 20.2 Å². The van der Waals surface area contributed by atoms with Crippen LogP contribution in [0, 0.1) is 12.7 Å². The van der Waals surface area contributed by atoms with Crippen molar-refractivity contribution >= 4 is 29.9 Å². The molecule has 0 amide bonds. The predicted molar refractivity (Wildman–Crippen MR) is 124 cm³/mol. The Labute approximate surface area is 188 Å². The molecule has 2 aromatic rings. The van der Waals surface area contributed by atoms with Gasteiger partial charge in [0.25, 0.3) is 0 Å². The molecule has 0 aromatic heterocycles. The summed E-state index contributed by atoms with van der Waals surface area (Å²) in [5.41, 5.74) is 2.93. The molecule has 0 bridgehead atoms. The van der Waals surface area contributed by atoms with Crippen LogP contribution in [0.25, 0.3) is 0 Å². The maximum Gasteiger partial charge on any atom is 0.191 e. The lowest BCUT2D eigenvalue weighted by atomic mass is 10.1. The fraction of sp³-hybridized carbons (Fsp3) is 0.381. The lowest BCUT2D eigenvalue weighted by Gasteiger charge is -2.15. The number of ether oxygens (including phenoxy) is 3. The van der Waals surface area contributed by atoms with Crippen molar-refractivity contribution in [3.05, 3.63) is 58.9 Å². The van der Waals surface area contributed by atoms with Gasteiger partial charge in [0, 0.05) is 32.8 Å². The molecule has 29 heavy (non-hydrogen) atoms. The Hall–Kier alpha value is -2.07. The van der Waals surface area contributed by atoms with Gasteiger partial charge in [0.1, 0.15) is 12.4 Å². The minimum Gasteiger partial charge on any atom is -0.494 e. The van der Waals surface area contributed by atoms with Crippen molar-refractivity contribution in [3.8, 4) is 11.5 Å². The molecule has 0 saturated carbocycles. The average Bonchev–Trinajstić information content (AvgIpc) is 2.69. The third-order valence-corrected chi connectivity index (χ3v) is 4.11. The molecule has 0 fully saturated rings. The normalized spacial score (nSPS) is 10.9. The monoisotopic (exact) mass is 517 g/mol. The lowest BCUT2D eigenvalue weighted by molar-refractivity contribution is 0.145. The summed E-state index contributed by atoms with van der Waals surface area (Å²) in [6.45, 7) is 4.02. The highest BCUT2D eigenvalue weighted by Crippen LogP contribution is 2.20. The zero-order chi connectivity index (χ0) is 20.4. The topological polar surface area (TPSA) is 64.1 Å². The summed E-state index contributed by atoms with van der Waals surface area (Å²) >= 11 is 0. The second-order valence-electron chi connectivity index (χ2n) is 6.20. The standard InChI is InChI=1S/C21H28FN3O3.HI/c1-15-5-7-17(20(11-15)28-10-9-26-3)14-25-21(23-2)24-13-16-6-8-19(27-4)18(22)12-16;/h5-8,11-12H,9-10,13-14H2,1-4H3,(H2,23,24,25);1H. The first-order valence-corrected chi connectivity index (χ1v) is 9.05. The van der Waals surface area contributed by atoms with Crippen LogP contribution in [0.2, 0.25) is 0 Å². The Balaban J connectivity index is 0.00000420. The molecule has 0 aliphatic rings. The van der Waals surface area contributed by atoms with Crippen molar-refractivity contribution < 1.29 is 18.6 Å². The third-order valence-electron chi connectivity index (χ3n) is 4.11. The number of hydrogen-bond donors (Lipinski definition) is 2. The first-order valence-electron chi connectivity index (χ1n) is 9.05. The summed E-state index contributed by atoms with van der Waals surface area (Å²) < 4.78 is 29.6. The van der Waals surface area contributed by atoms with Crippen LogP contribution in [0.3, 0.4) is 0 Å². The van der Waals surface area contributed by atoms with Crippen LogP contribution in [0.5, 0.6) is 11.5 Å². The maximum atomic E-state index is 13.8. The number of rotatable bonds is 9. The number of nitrogens with one attached hydrogen (secondary N) is 2. The lowest BCUT2D eigenvalue weighted by Crippen LogP contribution is -2.36. The molecule has 0 saturated heterocycles. The Morgan fingerprint density at radius 3 is 2.41 bits per heavy atom. The van der Waals surface area contributed by atoms with Gasteiger partial charge < -0.3 is 24.8 Å². The molecular weight excluding hydrogens is 488 g/mol. The zero-order valence-electron chi connectivity index (χ0n) is 17.3. The number of hydrogen-bond acceptors (Lipinski definition) is 4. The molecule has 8 heteroatoms. The van der Waals surface area contributed by atoms with Crippen molar-refractivity contribution in [1.29, 1.82) is 0 Å². The van der Waals surface area contributed by atoms with E-state index in [9.17, 15) is 4.39 Å². The van der Waals surface area contributed by atoms with Crippen molar-refractivity contribution in [3.63, 3.8) is 0 Å². The smallest absolute Gasteiger partial charge is 0.191 e. The summed E-state index contributed by atoms with van der Waals surface area (Å²) in [5, 5.41) is 6.43. The third kappa shape index (κ3) is 8.06. The number of guanidine groups is 1. The van der Waals surface area contributed by atoms with Gasteiger partial charge in [-0.2, -0.15) is 0 Å². The van der Waals surface area contributed by atoms with Gasteiger partial charge in [-0.05, 0) is 36.2 Å². The fourth-order valence-electron chi connectivity index (χ4n) is 2.58. The average molecular weight is 517 g/mol. The van der Waals surface area contributed by atoms with Crippen molar-refractivity contribution in [2.75, 3.05) is 34.5 Å². The van der Waals surface area contributed by atoms with Gasteiger partial charge in [0.2, 0.25) is 0 Å². The van der Waals surface area contributed by atoms with Gasteiger partial charge in [-0.1, -0.05) is 18.2 Å². The first kappa shape index (κ1) is 25.0. The van der Waals surface area contributed by atoms with Crippen LogP contribution in [0.15, 0.2) is 41.4 Å². The summed E-state index contributed by atoms with van der Waals surface area (Å²) in [5.74, 6) is 1.27. The summed E-state index contributed by atoms with van der Waals surface area (Å²) in [6.07, 6.45) is 0. The molecule has 0 aliphatic carbocycles. The van der Waals surface area contributed by atoms with Gasteiger partial charge in [-0.3, -0.25) is 4.99 Å². The van der Waals surface area contributed by atoms with Gasteiger partial charge >= 0.3 is 0 Å². The van der Waals surface area contributed by atoms with Crippen LogP contribution in [0.4, 0.5) is 4.39 Å². The van der Waals surface area contributed by atoms with Gasteiger partial charge in [-0.15, -0.1) is 24.0 Å². The molecule has 160 valence electrons. The highest BCUT2D eigenvalue weighted by Gasteiger charge is 2.07. The SMILES string of the molecule is CN=C(NCc1ccc(OC)c(F)c1)NCc1ccc(C)cc1OCCOC.I. The quantitative estimate of drug-likeness (QED) is 0.230. The predicted octanol–water partition coefficient (Wildman–Crippen LogP) is 3.65.